The van der Waals surface area contributed by atoms with Crippen molar-refractivity contribution in [1.82, 2.24) is 14.6 Å². The van der Waals surface area contributed by atoms with Gasteiger partial charge in [0.2, 0.25) is 4.96 Å². The Bertz CT molecular complexity index is 1230. The van der Waals surface area contributed by atoms with Crippen LogP contribution in [0.5, 0.6) is 5.75 Å². The molecule has 0 unspecified atom stereocenters. The van der Waals surface area contributed by atoms with Crippen LogP contribution >= 0.6 is 22.7 Å². The molecule has 0 aliphatic rings. The van der Waals surface area contributed by atoms with Crippen molar-refractivity contribution in [2.75, 3.05) is 5.32 Å². The van der Waals surface area contributed by atoms with E-state index >= 15 is 0 Å². The van der Waals surface area contributed by atoms with Gasteiger partial charge in [-0.1, -0.05) is 31.3 Å². The molecule has 0 saturated carbocycles. The Kier molecular flexibility index (Phi) is 6.43. The number of aromatic nitrogens is 3. The van der Waals surface area contributed by atoms with Crippen LogP contribution in [0.2, 0.25) is 0 Å². The van der Waals surface area contributed by atoms with Gasteiger partial charge in [0.1, 0.15) is 17.4 Å². The van der Waals surface area contributed by atoms with E-state index in [1.165, 1.54) is 33.3 Å². The zero-order valence-corrected chi connectivity index (χ0v) is 18.8. The Hall–Kier alpha value is -3.04. The van der Waals surface area contributed by atoms with Crippen LogP contribution in [0.1, 0.15) is 53.0 Å². The largest absolute Gasteiger partial charge is 0.487 e. The highest BCUT2D eigenvalue weighted by Gasteiger charge is 2.15. The lowest BCUT2D eigenvalue weighted by Crippen LogP contribution is -2.16. The number of amides is 1. The highest BCUT2D eigenvalue weighted by atomic mass is 32.1. The van der Waals surface area contributed by atoms with Gasteiger partial charge in [-0.05, 0) is 48.6 Å². The van der Waals surface area contributed by atoms with Gasteiger partial charge in [0, 0.05) is 17.7 Å². The lowest BCUT2D eigenvalue weighted by molar-refractivity contribution is 0.103. The molecule has 1 aromatic carbocycles. The van der Waals surface area contributed by atoms with Crippen molar-refractivity contribution in [3.05, 3.63) is 73.8 Å². The first kappa shape index (κ1) is 21.2. The van der Waals surface area contributed by atoms with Crippen molar-refractivity contribution in [1.29, 1.82) is 0 Å². The fourth-order valence-electron chi connectivity index (χ4n) is 3.14. The molecule has 1 N–H and O–H groups in total. The monoisotopic (exact) mass is 454 g/mol. The zero-order chi connectivity index (χ0) is 21.8. The van der Waals surface area contributed by atoms with Crippen molar-refractivity contribution < 1.29 is 9.53 Å². The van der Waals surface area contributed by atoms with E-state index in [-0.39, 0.29) is 18.1 Å². The number of nitrogens with zero attached hydrogens (tertiary/aromatic N) is 3. The fraction of sp³-hybridized carbons (Fsp3) is 0.273. The predicted molar refractivity (Wildman–Crippen MR) is 124 cm³/mol. The minimum absolute atomic E-state index is 0.140. The molecular weight excluding hydrogens is 432 g/mol. The van der Waals surface area contributed by atoms with Crippen molar-refractivity contribution >= 4 is 39.2 Å². The molecule has 0 bridgehead atoms. The number of nitrogens with one attached hydrogen (secondary N) is 1. The number of carbonyl (C=O) groups is 1. The molecular formula is C22H22N4O3S2. The molecule has 0 aliphatic heterocycles. The topological polar surface area (TPSA) is 85.6 Å². The van der Waals surface area contributed by atoms with Gasteiger partial charge >= 0.3 is 0 Å². The van der Waals surface area contributed by atoms with Gasteiger partial charge in [-0.3, -0.25) is 9.59 Å². The second kappa shape index (κ2) is 9.40. The van der Waals surface area contributed by atoms with Gasteiger partial charge in [-0.15, -0.1) is 11.3 Å². The van der Waals surface area contributed by atoms with E-state index in [0.29, 0.717) is 32.9 Å². The molecule has 3 aromatic heterocycles. The number of rotatable bonds is 8. The molecule has 7 nitrogen and oxygen atoms in total. The summed E-state index contributed by atoms with van der Waals surface area (Å²) >= 11 is 2.85. The van der Waals surface area contributed by atoms with Crippen molar-refractivity contribution in [3.63, 3.8) is 0 Å². The number of benzene rings is 1. The first-order valence-electron chi connectivity index (χ1n) is 10.0. The Morgan fingerprint density at radius 3 is 2.65 bits per heavy atom. The van der Waals surface area contributed by atoms with Crippen LogP contribution < -0.4 is 15.6 Å². The molecule has 0 aliphatic carbocycles. The van der Waals surface area contributed by atoms with Gasteiger partial charge < -0.3 is 10.1 Å². The minimum Gasteiger partial charge on any atom is -0.487 e. The summed E-state index contributed by atoms with van der Waals surface area (Å²) in [4.78, 5) is 30.3. The molecule has 0 spiro atoms. The molecule has 160 valence electrons. The third-order valence-electron chi connectivity index (χ3n) is 4.89. The quantitative estimate of drug-likeness (QED) is 0.407. The molecule has 1 amide bonds. The number of carbonyl (C=O) groups excluding carboxylic acids is 1. The minimum atomic E-state index is -0.205. The van der Waals surface area contributed by atoms with E-state index in [4.69, 9.17) is 4.74 Å². The van der Waals surface area contributed by atoms with Crippen LogP contribution in [0.3, 0.4) is 0 Å². The average molecular weight is 455 g/mol. The maximum absolute atomic E-state index is 12.4. The third kappa shape index (κ3) is 4.83. The fourth-order valence-corrected chi connectivity index (χ4v) is 4.95. The van der Waals surface area contributed by atoms with Gasteiger partial charge in [-0.2, -0.15) is 9.61 Å². The summed E-state index contributed by atoms with van der Waals surface area (Å²) in [5.74, 6) is 0.821. The lowest BCUT2D eigenvalue weighted by atomic mass is 10.1. The highest BCUT2D eigenvalue weighted by Crippen LogP contribution is 2.26. The molecule has 0 atom stereocenters. The van der Waals surface area contributed by atoms with E-state index in [9.17, 15) is 9.59 Å². The van der Waals surface area contributed by atoms with E-state index in [0.717, 1.165) is 17.8 Å². The Morgan fingerprint density at radius 1 is 1.19 bits per heavy atom. The number of anilines is 1. The van der Waals surface area contributed by atoms with E-state index in [1.807, 2.05) is 11.4 Å². The van der Waals surface area contributed by atoms with E-state index in [1.54, 1.807) is 30.3 Å². The molecule has 4 aromatic rings. The summed E-state index contributed by atoms with van der Waals surface area (Å²) < 4.78 is 7.16. The first-order valence-corrected chi connectivity index (χ1v) is 11.7. The molecule has 0 saturated heterocycles. The van der Waals surface area contributed by atoms with Crippen LogP contribution in [0.15, 0.2) is 52.6 Å². The highest BCUT2D eigenvalue weighted by molar-refractivity contribution is 7.16. The Morgan fingerprint density at radius 2 is 1.97 bits per heavy atom. The van der Waals surface area contributed by atoms with E-state index in [2.05, 4.69) is 29.2 Å². The maximum Gasteiger partial charge on any atom is 0.275 e. The third-order valence-corrected chi connectivity index (χ3v) is 6.83. The standard InChI is InChI=1S/C22H22N4O3S2/c1-3-14(4-2)21-25-26-19(27)12-16(24-22(26)31-21)13-29-17-9-7-15(8-10-17)23-20(28)18-6-5-11-30-18/h5-12,14H,3-4,13H2,1-2H3,(H,23,28). The predicted octanol–water partition coefficient (Wildman–Crippen LogP) is 4.95. The van der Waals surface area contributed by atoms with Gasteiger partial charge in [0.25, 0.3) is 11.5 Å². The molecule has 4 rings (SSSR count). The van der Waals surface area contributed by atoms with E-state index < -0.39 is 0 Å². The van der Waals surface area contributed by atoms with Crippen molar-refractivity contribution in [2.45, 2.75) is 39.2 Å². The lowest BCUT2D eigenvalue weighted by Gasteiger charge is -2.07. The summed E-state index contributed by atoms with van der Waals surface area (Å²) in [6, 6.07) is 12.2. The second-order valence-corrected chi connectivity index (χ2v) is 8.91. The summed E-state index contributed by atoms with van der Waals surface area (Å²) in [6.45, 7) is 4.41. The van der Waals surface area contributed by atoms with Crippen LogP contribution in [-0.2, 0) is 6.61 Å². The van der Waals surface area contributed by atoms with Crippen LogP contribution in [0.4, 0.5) is 5.69 Å². The van der Waals surface area contributed by atoms with Gasteiger partial charge in [0.15, 0.2) is 0 Å². The maximum atomic E-state index is 12.4. The molecule has 0 fully saturated rings. The zero-order valence-electron chi connectivity index (χ0n) is 17.2. The number of ether oxygens (including phenoxy) is 1. The number of thiophene rings is 1. The van der Waals surface area contributed by atoms with Gasteiger partial charge in [0.05, 0.1) is 10.6 Å². The Labute approximate surface area is 187 Å². The molecule has 9 heteroatoms. The number of fused-ring (bicyclic) bond motifs is 1. The normalized spacial score (nSPS) is 11.2. The van der Waals surface area contributed by atoms with Gasteiger partial charge in [-0.25, -0.2) is 4.98 Å². The summed E-state index contributed by atoms with van der Waals surface area (Å²) in [7, 11) is 0. The SMILES string of the molecule is CCC(CC)c1nn2c(=O)cc(COc3ccc(NC(=O)c4cccs4)cc3)nc2s1. The number of hydrogen-bond donors (Lipinski definition) is 1. The van der Waals surface area contributed by atoms with Crippen LogP contribution in [0.25, 0.3) is 4.96 Å². The smallest absolute Gasteiger partial charge is 0.275 e. The first-order chi connectivity index (χ1) is 15.1. The Balaban J connectivity index is 1.42. The summed E-state index contributed by atoms with van der Waals surface area (Å²) in [5, 5.41) is 10.1. The van der Waals surface area contributed by atoms with Crippen LogP contribution in [0, 0.1) is 0 Å². The summed E-state index contributed by atoms with van der Waals surface area (Å²) in [5.41, 5.74) is 1.03. The van der Waals surface area contributed by atoms with Crippen LogP contribution in [-0.4, -0.2) is 20.5 Å². The molecule has 31 heavy (non-hydrogen) atoms. The van der Waals surface area contributed by atoms with Crippen molar-refractivity contribution in [2.24, 2.45) is 0 Å². The average Bonchev–Trinajstić information content (AvgIpc) is 3.45. The molecule has 0 radical (unpaired) electrons. The second-order valence-electron chi connectivity index (χ2n) is 6.98. The molecule has 3 heterocycles. The number of hydrogen-bond acceptors (Lipinski definition) is 7. The van der Waals surface area contributed by atoms with Crippen molar-refractivity contribution in [3.8, 4) is 5.75 Å². The summed E-state index contributed by atoms with van der Waals surface area (Å²) in [6.07, 6.45) is 1.95.